The highest BCUT2D eigenvalue weighted by Crippen LogP contribution is 2.48. The summed E-state index contributed by atoms with van der Waals surface area (Å²) in [4.78, 5) is 28.0. The van der Waals surface area contributed by atoms with Crippen LogP contribution in [-0.2, 0) is 9.59 Å². The Morgan fingerprint density at radius 3 is 2.45 bits per heavy atom. The molecule has 3 nitrogen and oxygen atoms in total. The lowest BCUT2D eigenvalue weighted by Gasteiger charge is -2.43. The largest absolute Gasteiger partial charge is 0.294 e. The van der Waals surface area contributed by atoms with E-state index in [-0.39, 0.29) is 23.5 Å². The molecular formula is C23H20Cl2FNO2. The number of hydrogen-bond acceptors (Lipinski definition) is 2. The number of amides is 1. The summed E-state index contributed by atoms with van der Waals surface area (Å²) in [6.45, 7) is 4.00. The summed E-state index contributed by atoms with van der Waals surface area (Å²) in [6, 6.07) is 11.3. The van der Waals surface area contributed by atoms with Crippen LogP contribution in [0, 0.1) is 11.2 Å². The van der Waals surface area contributed by atoms with Gasteiger partial charge in [-0.15, -0.1) is 0 Å². The van der Waals surface area contributed by atoms with Crippen molar-refractivity contribution in [2.24, 2.45) is 5.41 Å². The molecule has 0 aromatic heterocycles. The zero-order valence-corrected chi connectivity index (χ0v) is 17.6. The summed E-state index contributed by atoms with van der Waals surface area (Å²) in [7, 11) is 0. The number of halogens is 3. The standard InChI is InChI=1S/C23H20Cl2FNO2/c1-23(2)11-19-22(20(28)12-23)15(14-5-3-4-6-18(14)26)10-21(29)27(19)13-7-8-16(24)17(25)9-13/h3-9,15H,10-12H2,1-2H3. The van der Waals surface area contributed by atoms with Crippen LogP contribution in [0.15, 0.2) is 53.7 Å². The number of hydrogen-bond donors (Lipinski definition) is 0. The van der Waals surface area contributed by atoms with E-state index in [2.05, 4.69) is 0 Å². The fraction of sp³-hybridized carbons (Fsp3) is 0.304. The van der Waals surface area contributed by atoms with Gasteiger partial charge >= 0.3 is 0 Å². The molecule has 0 saturated heterocycles. The normalized spacial score (nSPS) is 21.4. The van der Waals surface area contributed by atoms with E-state index < -0.39 is 11.7 Å². The second kappa shape index (κ2) is 7.26. The molecule has 1 amide bonds. The van der Waals surface area contributed by atoms with Crippen molar-refractivity contribution in [2.75, 3.05) is 4.90 Å². The third-order valence-electron chi connectivity index (χ3n) is 5.58. The van der Waals surface area contributed by atoms with Gasteiger partial charge in [0.25, 0.3) is 0 Å². The number of rotatable bonds is 2. The Balaban J connectivity index is 1.92. The topological polar surface area (TPSA) is 37.4 Å². The van der Waals surface area contributed by atoms with Crippen molar-refractivity contribution in [1.82, 2.24) is 0 Å². The fourth-order valence-electron chi connectivity index (χ4n) is 4.36. The van der Waals surface area contributed by atoms with Crippen molar-refractivity contribution in [2.45, 2.75) is 39.0 Å². The second-order valence-corrected chi connectivity index (χ2v) is 9.22. The Labute approximate surface area is 179 Å². The number of benzene rings is 2. The zero-order valence-electron chi connectivity index (χ0n) is 16.1. The smallest absolute Gasteiger partial charge is 0.232 e. The van der Waals surface area contributed by atoms with Gasteiger partial charge in [0.2, 0.25) is 5.91 Å². The maximum absolute atomic E-state index is 14.6. The molecule has 1 atom stereocenters. The van der Waals surface area contributed by atoms with Crippen LogP contribution in [0.4, 0.5) is 10.1 Å². The van der Waals surface area contributed by atoms with Gasteiger partial charge in [-0.1, -0.05) is 55.2 Å². The van der Waals surface area contributed by atoms with Crippen LogP contribution in [0.25, 0.3) is 0 Å². The predicted octanol–water partition coefficient (Wildman–Crippen LogP) is 6.30. The fourth-order valence-corrected chi connectivity index (χ4v) is 4.65. The molecule has 150 valence electrons. The summed E-state index contributed by atoms with van der Waals surface area (Å²) < 4.78 is 14.6. The molecule has 29 heavy (non-hydrogen) atoms. The quantitative estimate of drug-likeness (QED) is 0.559. The van der Waals surface area contributed by atoms with E-state index in [1.807, 2.05) is 13.8 Å². The summed E-state index contributed by atoms with van der Waals surface area (Å²) in [5.41, 5.74) is 1.81. The van der Waals surface area contributed by atoms with E-state index >= 15 is 0 Å². The van der Waals surface area contributed by atoms with Gasteiger partial charge in [0.05, 0.1) is 15.7 Å². The van der Waals surface area contributed by atoms with E-state index in [4.69, 9.17) is 23.2 Å². The molecule has 1 unspecified atom stereocenters. The van der Waals surface area contributed by atoms with Gasteiger partial charge in [-0.25, -0.2) is 4.39 Å². The predicted molar refractivity (Wildman–Crippen MR) is 113 cm³/mol. The first kappa shape index (κ1) is 20.1. The van der Waals surface area contributed by atoms with Crippen LogP contribution >= 0.6 is 23.2 Å². The first-order valence-electron chi connectivity index (χ1n) is 9.46. The van der Waals surface area contributed by atoms with E-state index in [1.165, 1.54) is 6.07 Å². The average Bonchev–Trinajstić information content (AvgIpc) is 2.63. The van der Waals surface area contributed by atoms with Crippen LogP contribution in [0.1, 0.15) is 44.6 Å². The second-order valence-electron chi connectivity index (χ2n) is 8.41. The van der Waals surface area contributed by atoms with Gasteiger partial charge in [-0.3, -0.25) is 14.5 Å². The maximum atomic E-state index is 14.6. The molecule has 1 aliphatic heterocycles. The third kappa shape index (κ3) is 3.60. The number of carbonyl (C=O) groups excluding carboxylic acids is 2. The monoisotopic (exact) mass is 431 g/mol. The minimum atomic E-state index is -0.582. The molecule has 4 rings (SSSR count). The number of Topliss-reactive ketones (excluding diaryl/α,β-unsaturated/α-hetero) is 1. The van der Waals surface area contributed by atoms with Crippen LogP contribution in [-0.4, -0.2) is 11.7 Å². The van der Waals surface area contributed by atoms with Crippen LogP contribution in [0.3, 0.4) is 0 Å². The Morgan fingerprint density at radius 2 is 1.76 bits per heavy atom. The number of allylic oxidation sites excluding steroid dienone is 2. The van der Waals surface area contributed by atoms with Crippen LogP contribution in [0.5, 0.6) is 0 Å². The van der Waals surface area contributed by atoms with Gasteiger partial charge in [0.15, 0.2) is 5.78 Å². The van der Waals surface area contributed by atoms with E-state index in [1.54, 1.807) is 41.3 Å². The molecule has 2 aromatic rings. The third-order valence-corrected chi connectivity index (χ3v) is 6.32. The minimum Gasteiger partial charge on any atom is -0.294 e. The maximum Gasteiger partial charge on any atom is 0.232 e. The lowest BCUT2D eigenvalue weighted by Crippen LogP contribution is -2.43. The van der Waals surface area contributed by atoms with Gasteiger partial charge in [0.1, 0.15) is 5.82 Å². The zero-order chi connectivity index (χ0) is 20.9. The SMILES string of the molecule is CC1(C)CC(=O)C2=C(C1)N(c1ccc(Cl)c(Cl)c1)C(=O)CC2c1ccccc1F. The van der Waals surface area contributed by atoms with Crippen molar-refractivity contribution >= 4 is 40.6 Å². The number of nitrogens with zero attached hydrogens (tertiary/aromatic N) is 1. The molecule has 0 saturated carbocycles. The first-order valence-corrected chi connectivity index (χ1v) is 10.2. The van der Waals surface area contributed by atoms with Crippen LogP contribution in [0.2, 0.25) is 10.0 Å². The van der Waals surface area contributed by atoms with Gasteiger partial charge in [-0.2, -0.15) is 0 Å². The minimum absolute atomic E-state index is 0.0200. The van der Waals surface area contributed by atoms with Gasteiger partial charge < -0.3 is 0 Å². The molecule has 2 aromatic carbocycles. The Morgan fingerprint density at radius 1 is 1.03 bits per heavy atom. The average molecular weight is 432 g/mol. The molecule has 0 spiro atoms. The van der Waals surface area contributed by atoms with E-state index in [0.717, 1.165) is 0 Å². The molecule has 0 fully saturated rings. The molecule has 0 N–H and O–H groups in total. The highest BCUT2D eigenvalue weighted by Gasteiger charge is 2.44. The molecule has 1 aliphatic carbocycles. The summed E-state index contributed by atoms with van der Waals surface area (Å²) in [5, 5.41) is 0.718. The van der Waals surface area contributed by atoms with E-state index in [9.17, 15) is 14.0 Å². The number of ketones is 1. The number of anilines is 1. The first-order chi connectivity index (χ1) is 13.7. The van der Waals surface area contributed by atoms with Crippen LogP contribution < -0.4 is 4.90 Å². The van der Waals surface area contributed by atoms with Gasteiger partial charge in [-0.05, 0) is 41.7 Å². The molecule has 2 aliphatic rings. The highest BCUT2D eigenvalue weighted by molar-refractivity contribution is 6.42. The Kier molecular flexibility index (Phi) is 5.04. The lowest BCUT2D eigenvalue weighted by atomic mass is 9.69. The highest BCUT2D eigenvalue weighted by atomic mass is 35.5. The van der Waals surface area contributed by atoms with E-state index in [0.29, 0.717) is 45.4 Å². The Bertz CT molecular complexity index is 1060. The molecule has 6 heteroatoms. The van der Waals surface area contributed by atoms with Crippen molar-refractivity contribution in [1.29, 1.82) is 0 Å². The molecule has 1 heterocycles. The van der Waals surface area contributed by atoms with Gasteiger partial charge in [0, 0.05) is 30.0 Å². The summed E-state index contributed by atoms with van der Waals surface area (Å²) in [6.07, 6.45) is 0.914. The van der Waals surface area contributed by atoms with Crippen molar-refractivity contribution in [3.05, 3.63) is 75.2 Å². The Hall–Kier alpha value is -2.17. The lowest BCUT2D eigenvalue weighted by molar-refractivity contribution is -0.121. The summed E-state index contributed by atoms with van der Waals surface area (Å²) >= 11 is 12.2. The van der Waals surface area contributed by atoms with Crippen molar-refractivity contribution in [3.8, 4) is 0 Å². The number of carbonyl (C=O) groups is 2. The molecule has 0 radical (unpaired) electrons. The molecular weight excluding hydrogens is 412 g/mol. The van der Waals surface area contributed by atoms with Crippen molar-refractivity contribution in [3.63, 3.8) is 0 Å². The van der Waals surface area contributed by atoms with Crippen molar-refractivity contribution < 1.29 is 14.0 Å². The summed E-state index contributed by atoms with van der Waals surface area (Å²) in [5.74, 6) is -1.22. The molecule has 0 bridgehead atoms.